The second-order valence-corrected chi connectivity index (χ2v) is 7.54. The van der Waals surface area contributed by atoms with E-state index in [0.717, 1.165) is 0 Å². The van der Waals surface area contributed by atoms with Crippen LogP contribution in [0, 0.1) is 16.7 Å². The van der Waals surface area contributed by atoms with E-state index in [-0.39, 0.29) is 29.6 Å². The summed E-state index contributed by atoms with van der Waals surface area (Å²) in [4.78, 5) is 35.6. The van der Waals surface area contributed by atoms with E-state index in [1.54, 1.807) is 13.8 Å². The van der Waals surface area contributed by atoms with Crippen LogP contribution in [0.25, 0.3) is 0 Å². The highest BCUT2D eigenvalue weighted by Gasteiger charge is 2.41. The molecule has 0 radical (unpaired) electrons. The van der Waals surface area contributed by atoms with Gasteiger partial charge in [0.05, 0.1) is 12.5 Å². The van der Waals surface area contributed by atoms with Gasteiger partial charge in [0.15, 0.2) is 0 Å². The van der Waals surface area contributed by atoms with Crippen molar-refractivity contribution in [1.29, 1.82) is 0 Å². The highest BCUT2D eigenvalue weighted by molar-refractivity contribution is 5.87. The number of ketones is 1. The number of hydrogen-bond donors (Lipinski definition) is 1. The number of hydrogen-bond acceptors (Lipinski definition) is 4. The first kappa shape index (κ1) is 20.6. The molecule has 0 saturated heterocycles. The monoisotopic (exact) mass is 313 g/mol. The molecule has 0 aromatic heterocycles. The molecule has 22 heavy (non-hydrogen) atoms. The first-order chi connectivity index (χ1) is 9.83. The van der Waals surface area contributed by atoms with Gasteiger partial charge in [-0.1, -0.05) is 20.8 Å². The molecule has 5 heteroatoms. The lowest BCUT2D eigenvalue weighted by molar-refractivity contribution is -0.153. The lowest BCUT2D eigenvalue weighted by atomic mass is 9.69. The lowest BCUT2D eigenvalue weighted by Gasteiger charge is -2.34. The number of Topliss-reactive ketones (excluding diaryl/α,β-unsaturated/α-hetero) is 1. The number of methoxy groups -OCH3 is 1. The van der Waals surface area contributed by atoms with Gasteiger partial charge in [0, 0.05) is 24.3 Å². The van der Waals surface area contributed by atoms with Crippen LogP contribution in [0.2, 0.25) is 0 Å². The Kier molecular flexibility index (Phi) is 7.26. The molecule has 0 spiro atoms. The van der Waals surface area contributed by atoms with Crippen LogP contribution >= 0.6 is 0 Å². The first-order valence-corrected chi connectivity index (χ1v) is 7.73. The minimum absolute atomic E-state index is 0.0548. The number of esters is 1. The molecule has 0 aliphatic heterocycles. The molecule has 0 rings (SSSR count). The summed E-state index contributed by atoms with van der Waals surface area (Å²) in [6.07, 6.45) is 1.00. The lowest BCUT2D eigenvalue weighted by Crippen LogP contribution is -2.40. The summed E-state index contributed by atoms with van der Waals surface area (Å²) in [6, 6.07) is -0.0548. The van der Waals surface area contributed by atoms with Gasteiger partial charge in [0.25, 0.3) is 0 Å². The molecule has 0 bridgehead atoms. The predicted molar refractivity (Wildman–Crippen MR) is 86.3 cm³/mol. The van der Waals surface area contributed by atoms with Crippen molar-refractivity contribution in [3.8, 4) is 0 Å². The Morgan fingerprint density at radius 3 is 1.95 bits per heavy atom. The third-order valence-electron chi connectivity index (χ3n) is 3.89. The van der Waals surface area contributed by atoms with Crippen molar-refractivity contribution < 1.29 is 19.1 Å². The molecular formula is C17H31NO4. The Hall–Kier alpha value is -1.39. The van der Waals surface area contributed by atoms with Crippen LogP contribution in [0.4, 0.5) is 0 Å². The highest BCUT2D eigenvalue weighted by atomic mass is 16.5. The van der Waals surface area contributed by atoms with Crippen molar-refractivity contribution in [2.75, 3.05) is 7.11 Å². The second-order valence-electron chi connectivity index (χ2n) is 7.54. The van der Waals surface area contributed by atoms with Crippen LogP contribution in [0.1, 0.15) is 61.3 Å². The van der Waals surface area contributed by atoms with Gasteiger partial charge in [-0.3, -0.25) is 14.4 Å². The maximum atomic E-state index is 12.7. The summed E-state index contributed by atoms with van der Waals surface area (Å²) < 4.78 is 4.81. The first-order valence-electron chi connectivity index (χ1n) is 7.73. The fourth-order valence-electron chi connectivity index (χ4n) is 3.25. The Morgan fingerprint density at radius 1 is 1.05 bits per heavy atom. The third kappa shape index (κ3) is 6.16. The molecule has 128 valence electrons. The Bertz CT molecular complexity index is 426. The number of rotatable bonds is 8. The van der Waals surface area contributed by atoms with Gasteiger partial charge in [0.2, 0.25) is 5.91 Å². The summed E-state index contributed by atoms with van der Waals surface area (Å²) in [7, 11) is 1.36. The van der Waals surface area contributed by atoms with Gasteiger partial charge in [-0.2, -0.15) is 0 Å². The molecule has 0 fully saturated rings. The van der Waals surface area contributed by atoms with E-state index in [4.69, 9.17) is 4.74 Å². The second kappa shape index (κ2) is 7.75. The predicted octanol–water partition coefficient (Wildman–Crippen LogP) is 2.72. The van der Waals surface area contributed by atoms with Crippen LogP contribution in [0.15, 0.2) is 0 Å². The number of nitrogens with one attached hydrogen (secondary N) is 1. The van der Waals surface area contributed by atoms with E-state index < -0.39 is 10.8 Å². The summed E-state index contributed by atoms with van der Waals surface area (Å²) in [5.74, 6) is -0.502. The third-order valence-corrected chi connectivity index (χ3v) is 3.89. The average Bonchev–Trinajstić information content (AvgIpc) is 2.34. The molecule has 2 atom stereocenters. The minimum atomic E-state index is -0.711. The van der Waals surface area contributed by atoms with E-state index >= 15 is 0 Å². The quantitative estimate of drug-likeness (QED) is 0.699. The van der Waals surface area contributed by atoms with Crippen molar-refractivity contribution >= 4 is 17.7 Å². The smallest absolute Gasteiger partial charge is 0.311 e. The van der Waals surface area contributed by atoms with Crippen molar-refractivity contribution in [3.05, 3.63) is 0 Å². The van der Waals surface area contributed by atoms with Crippen LogP contribution < -0.4 is 5.32 Å². The van der Waals surface area contributed by atoms with Gasteiger partial charge < -0.3 is 10.1 Å². The topological polar surface area (TPSA) is 72.5 Å². The van der Waals surface area contributed by atoms with Gasteiger partial charge in [-0.15, -0.1) is 0 Å². The summed E-state index contributed by atoms with van der Waals surface area (Å²) in [5.41, 5.74) is -1.34. The van der Waals surface area contributed by atoms with E-state index in [1.165, 1.54) is 14.0 Å². The number of carbonyl (C=O) groups excluding carboxylic acids is 3. The normalized spacial score (nSPS) is 14.9. The summed E-state index contributed by atoms with van der Waals surface area (Å²) in [6.45, 7) is 12.5. The summed E-state index contributed by atoms with van der Waals surface area (Å²) >= 11 is 0. The highest BCUT2D eigenvalue weighted by Crippen LogP contribution is 2.37. The molecule has 0 saturated carbocycles. The van der Waals surface area contributed by atoms with Crippen molar-refractivity contribution in [1.82, 2.24) is 5.32 Å². The molecule has 0 aliphatic carbocycles. The van der Waals surface area contributed by atoms with E-state index in [0.29, 0.717) is 12.8 Å². The van der Waals surface area contributed by atoms with Crippen molar-refractivity contribution in [3.63, 3.8) is 0 Å². The Morgan fingerprint density at radius 2 is 1.55 bits per heavy atom. The van der Waals surface area contributed by atoms with Crippen LogP contribution in [0.5, 0.6) is 0 Å². The molecule has 5 nitrogen and oxygen atoms in total. The van der Waals surface area contributed by atoms with Crippen LogP contribution in [0.3, 0.4) is 0 Å². The minimum Gasteiger partial charge on any atom is -0.469 e. The molecule has 1 N–H and O–H groups in total. The van der Waals surface area contributed by atoms with E-state index in [9.17, 15) is 14.4 Å². The van der Waals surface area contributed by atoms with Gasteiger partial charge >= 0.3 is 5.97 Å². The Labute approximate surface area is 134 Å². The zero-order valence-corrected chi connectivity index (χ0v) is 15.2. The standard InChI is InChI=1S/C17H31NO4/c1-11(9-12(2)18-13(3)19)14(20)16(4,5)10-17(6,7)15(21)22-8/h11-12H,9-10H2,1-8H3,(H,18,19). The molecule has 0 aromatic carbocycles. The van der Waals surface area contributed by atoms with Crippen molar-refractivity contribution in [2.45, 2.75) is 67.3 Å². The molecule has 2 unspecified atom stereocenters. The van der Waals surface area contributed by atoms with E-state index in [2.05, 4.69) is 5.32 Å². The molecule has 0 aromatic rings. The van der Waals surface area contributed by atoms with Gasteiger partial charge in [0.1, 0.15) is 5.78 Å². The molecule has 0 heterocycles. The number of carbonyl (C=O) groups is 3. The van der Waals surface area contributed by atoms with Gasteiger partial charge in [-0.25, -0.2) is 0 Å². The molecule has 0 aliphatic rings. The SMILES string of the molecule is COC(=O)C(C)(C)CC(C)(C)C(=O)C(C)CC(C)NC(C)=O. The molecular weight excluding hydrogens is 282 g/mol. The maximum Gasteiger partial charge on any atom is 0.311 e. The molecule has 1 amide bonds. The zero-order valence-electron chi connectivity index (χ0n) is 15.2. The van der Waals surface area contributed by atoms with E-state index in [1.807, 2.05) is 27.7 Å². The number of ether oxygens (including phenoxy) is 1. The fraction of sp³-hybridized carbons (Fsp3) is 0.824. The van der Waals surface area contributed by atoms with Crippen LogP contribution in [-0.2, 0) is 19.1 Å². The maximum absolute atomic E-state index is 12.7. The summed E-state index contributed by atoms with van der Waals surface area (Å²) in [5, 5.41) is 2.79. The largest absolute Gasteiger partial charge is 0.469 e. The zero-order chi connectivity index (χ0) is 17.7. The number of amides is 1. The average molecular weight is 313 g/mol. The van der Waals surface area contributed by atoms with Crippen molar-refractivity contribution in [2.24, 2.45) is 16.7 Å². The van der Waals surface area contributed by atoms with Gasteiger partial charge in [-0.05, 0) is 33.6 Å². The Balaban J connectivity index is 4.87. The van der Waals surface area contributed by atoms with Crippen LogP contribution in [-0.4, -0.2) is 30.8 Å². The fourth-order valence-corrected chi connectivity index (χ4v) is 3.25.